The SMILES string of the molecule is C/N=C\c1cc(-c2cccnc2[C@H](Cc2cc(F)cc(F)c2)NC(=O)Cn2nc(C(F)F)c3c2C(F)(F)C2CC32)ccc1C. The highest BCUT2D eigenvalue weighted by molar-refractivity contribution is 5.85. The molecule has 6 rings (SSSR count). The quantitative estimate of drug-likeness (QED) is 0.167. The summed E-state index contributed by atoms with van der Waals surface area (Å²) in [5.41, 5.74) is 2.13. The summed E-state index contributed by atoms with van der Waals surface area (Å²) in [6.45, 7) is 1.16. The number of benzene rings is 2. The number of aromatic nitrogens is 3. The number of hydrogen-bond donors (Lipinski definition) is 1. The van der Waals surface area contributed by atoms with E-state index in [4.69, 9.17) is 0 Å². The Hall–Kier alpha value is -4.48. The lowest BCUT2D eigenvalue weighted by Crippen LogP contribution is -2.35. The van der Waals surface area contributed by atoms with Gasteiger partial charge in [-0.15, -0.1) is 0 Å². The van der Waals surface area contributed by atoms with Gasteiger partial charge in [-0.3, -0.25) is 19.5 Å². The molecule has 2 aliphatic rings. The van der Waals surface area contributed by atoms with Gasteiger partial charge in [0.15, 0.2) is 0 Å². The smallest absolute Gasteiger partial charge is 0.293 e. The van der Waals surface area contributed by atoms with Crippen molar-refractivity contribution in [3.8, 4) is 11.1 Å². The molecule has 228 valence electrons. The standard InChI is InChI=1S/C32H27F6N5O/c1-16-5-6-18(11-19(16)14-39-2)22-4-3-7-40-28(22)25(10-17-8-20(33)12-21(34)9-17)41-26(44)15-43-30-27(29(42-43)31(35)36)23-13-24(23)32(30,37)38/h3-9,11-12,14,23-25,31H,10,13,15H2,1-2H3,(H,41,44)/b39-14-/t23?,24?,25-/m0/s1. The average molecular weight is 612 g/mol. The van der Waals surface area contributed by atoms with E-state index < -0.39 is 65.7 Å². The Morgan fingerprint density at radius 1 is 1.14 bits per heavy atom. The maximum absolute atomic E-state index is 15.1. The van der Waals surface area contributed by atoms with Gasteiger partial charge in [0.05, 0.1) is 11.7 Å². The Morgan fingerprint density at radius 3 is 2.59 bits per heavy atom. The van der Waals surface area contributed by atoms with Gasteiger partial charge in [-0.05, 0) is 72.2 Å². The van der Waals surface area contributed by atoms with Gasteiger partial charge in [0, 0.05) is 42.6 Å². The summed E-state index contributed by atoms with van der Waals surface area (Å²) in [7, 11) is 1.64. The van der Waals surface area contributed by atoms with Gasteiger partial charge in [-0.25, -0.2) is 17.6 Å². The van der Waals surface area contributed by atoms with E-state index in [1.165, 1.54) is 6.20 Å². The lowest BCUT2D eigenvalue weighted by Gasteiger charge is -2.22. The van der Waals surface area contributed by atoms with Crippen LogP contribution in [-0.2, 0) is 23.7 Å². The third kappa shape index (κ3) is 5.37. The molecule has 1 amide bonds. The number of aryl methyl sites for hydroxylation is 1. The first-order valence-electron chi connectivity index (χ1n) is 14.0. The third-order valence-electron chi connectivity index (χ3n) is 8.18. The fourth-order valence-electron chi connectivity index (χ4n) is 6.16. The van der Waals surface area contributed by atoms with E-state index in [1.807, 2.05) is 25.1 Å². The number of nitrogens with zero attached hydrogens (tertiary/aromatic N) is 4. The van der Waals surface area contributed by atoms with Crippen LogP contribution in [0.1, 0.15) is 64.1 Å². The molecule has 4 aromatic rings. The third-order valence-corrected chi connectivity index (χ3v) is 8.18. The van der Waals surface area contributed by atoms with E-state index in [0.29, 0.717) is 15.9 Å². The maximum atomic E-state index is 15.1. The summed E-state index contributed by atoms with van der Waals surface area (Å²) >= 11 is 0. The molecule has 0 aliphatic heterocycles. The lowest BCUT2D eigenvalue weighted by molar-refractivity contribution is -0.123. The van der Waals surface area contributed by atoms with Crippen molar-refractivity contribution in [2.24, 2.45) is 10.9 Å². The molecule has 0 bridgehead atoms. The first-order chi connectivity index (χ1) is 21.0. The van der Waals surface area contributed by atoms with Crippen molar-refractivity contribution in [1.82, 2.24) is 20.1 Å². The Morgan fingerprint density at radius 2 is 1.89 bits per heavy atom. The van der Waals surface area contributed by atoms with Crippen molar-refractivity contribution in [3.05, 3.63) is 106 Å². The van der Waals surface area contributed by atoms with Gasteiger partial charge in [0.1, 0.15) is 29.6 Å². The number of halogens is 6. The Balaban J connectivity index is 1.37. The summed E-state index contributed by atoms with van der Waals surface area (Å²) in [6.07, 6.45) is 0.0948. The topological polar surface area (TPSA) is 72.2 Å². The predicted molar refractivity (Wildman–Crippen MR) is 151 cm³/mol. The second-order valence-corrected chi connectivity index (χ2v) is 11.2. The van der Waals surface area contributed by atoms with Gasteiger partial charge in [0.25, 0.3) is 12.3 Å². The largest absolute Gasteiger partial charge is 0.346 e. The van der Waals surface area contributed by atoms with Crippen molar-refractivity contribution >= 4 is 12.1 Å². The van der Waals surface area contributed by atoms with E-state index in [1.54, 1.807) is 25.4 Å². The van der Waals surface area contributed by atoms with Crippen LogP contribution in [0.25, 0.3) is 11.1 Å². The number of rotatable bonds is 9. The fraction of sp³-hybridized carbons (Fsp3) is 0.312. The van der Waals surface area contributed by atoms with Crippen LogP contribution < -0.4 is 5.32 Å². The fourth-order valence-corrected chi connectivity index (χ4v) is 6.16. The van der Waals surface area contributed by atoms with Crippen molar-refractivity contribution in [3.63, 3.8) is 0 Å². The highest BCUT2D eigenvalue weighted by Crippen LogP contribution is 2.68. The number of nitrogens with one attached hydrogen (secondary N) is 1. The van der Waals surface area contributed by atoms with E-state index in [0.717, 1.165) is 34.9 Å². The molecule has 1 fully saturated rings. The van der Waals surface area contributed by atoms with Crippen molar-refractivity contribution in [1.29, 1.82) is 0 Å². The van der Waals surface area contributed by atoms with Crippen LogP contribution >= 0.6 is 0 Å². The first-order valence-corrected chi connectivity index (χ1v) is 14.0. The predicted octanol–water partition coefficient (Wildman–Crippen LogP) is 6.83. The number of amides is 1. The van der Waals surface area contributed by atoms with Crippen LogP contribution in [0.2, 0.25) is 0 Å². The minimum Gasteiger partial charge on any atom is -0.346 e. The molecule has 2 aromatic carbocycles. The summed E-state index contributed by atoms with van der Waals surface area (Å²) in [4.78, 5) is 22.0. The van der Waals surface area contributed by atoms with Crippen LogP contribution in [-0.4, -0.2) is 33.9 Å². The normalized spacial score (nSPS) is 18.8. The zero-order valence-corrected chi connectivity index (χ0v) is 23.7. The van der Waals surface area contributed by atoms with Crippen LogP contribution in [0.3, 0.4) is 0 Å². The number of aliphatic imine (C=N–C) groups is 1. The number of fused-ring (bicyclic) bond motifs is 3. The highest BCUT2D eigenvalue weighted by Gasteiger charge is 2.67. The summed E-state index contributed by atoms with van der Waals surface area (Å²) in [6, 6.07) is 11.1. The molecule has 2 unspecified atom stereocenters. The van der Waals surface area contributed by atoms with E-state index >= 15 is 8.78 Å². The molecule has 0 saturated heterocycles. The molecule has 44 heavy (non-hydrogen) atoms. The Bertz CT molecular complexity index is 1760. The monoisotopic (exact) mass is 611 g/mol. The summed E-state index contributed by atoms with van der Waals surface area (Å²) in [5.74, 6) is -7.62. The molecule has 2 aliphatic carbocycles. The molecular weight excluding hydrogens is 584 g/mol. The Kier molecular flexibility index (Phi) is 7.54. The van der Waals surface area contributed by atoms with E-state index in [2.05, 4.69) is 20.4 Å². The van der Waals surface area contributed by atoms with Crippen molar-refractivity contribution in [2.45, 2.75) is 50.6 Å². The van der Waals surface area contributed by atoms with Crippen LogP contribution in [0.5, 0.6) is 0 Å². The second kappa shape index (κ2) is 11.2. The van der Waals surface area contributed by atoms with Crippen LogP contribution in [0, 0.1) is 24.5 Å². The molecule has 3 atom stereocenters. The molecular formula is C32H27F6N5O. The van der Waals surface area contributed by atoms with Gasteiger partial charge in [0.2, 0.25) is 5.91 Å². The number of pyridine rings is 1. The Labute approximate surface area is 248 Å². The average Bonchev–Trinajstić information content (AvgIpc) is 3.62. The molecule has 6 nitrogen and oxygen atoms in total. The zero-order chi connectivity index (χ0) is 31.3. The van der Waals surface area contributed by atoms with Gasteiger partial charge >= 0.3 is 0 Å². The summed E-state index contributed by atoms with van der Waals surface area (Å²) < 4.78 is 86.6. The van der Waals surface area contributed by atoms with Crippen molar-refractivity contribution < 1.29 is 31.1 Å². The number of carbonyl (C=O) groups is 1. The van der Waals surface area contributed by atoms with Crippen LogP contribution in [0.4, 0.5) is 26.3 Å². The number of carbonyl (C=O) groups excluding carboxylic acids is 1. The summed E-state index contributed by atoms with van der Waals surface area (Å²) in [5, 5.41) is 6.47. The lowest BCUT2D eigenvalue weighted by atomic mass is 9.93. The van der Waals surface area contributed by atoms with Crippen molar-refractivity contribution in [2.75, 3.05) is 7.05 Å². The molecule has 1 saturated carbocycles. The zero-order valence-electron chi connectivity index (χ0n) is 23.7. The van der Waals surface area contributed by atoms with Gasteiger partial charge in [-0.1, -0.05) is 18.2 Å². The van der Waals surface area contributed by atoms with E-state index in [-0.39, 0.29) is 24.0 Å². The second-order valence-electron chi connectivity index (χ2n) is 11.2. The molecule has 2 heterocycles. The molecule has 2 aromatic heterocycles. The van der Waals surface area contributed by atoms with Gasteiger partial charge in [-0.2, -0.15) is 13.9 Å². The molecule has 0 radical (unpaired) electrons. The van der Waals surface area contributed by atoms with Crippen LogP contribution in [0.15, 0.2) is 59.7 Å². The van der Waals surface area contributed by atoms with Gasteiger partial charge < -0.3 is 5.32 Å². The van der Waals surface area contributed by atoms with E-state index in [9.17, 15) is 22.4 Å². The first kappa shape index (κ1) is 29.6. The molecule has 0 spiro atoms. The number of hydrogen-bond acceptors (Lipinski definition) is 4. The molecule has 1 N–H and O–H groups in total. The maximum Gasteiger partial charge on any atom is 0.293 e. The highest BCUT2D eigenvalue weighted by atomic mass is 19.3. The molecule has 12 heteroatoms. The minimum atomic E-state index is -3.39. The minimum absolute atomic E-state index is 0.0944. The number of alkyl halides is 4.